The second kappa shape index (κ2) is 7.24. The van der Waals surface area contributed by atoms with Crippen molar-refractivity contribution in [2.24, 2.45) is 0 Å². The molecule has 1 saturated heterocycles. The van der Waals surface area contributed by atoms with Crippen LogP contribution in [0.15, 0.2) is 12.7 Å². The van der Waals surface area contributed by atoms with Gasteiger partial charge in [-0.1, -0.05) is 6.08 Å². The molecule has 0 spiro atoms. The van der Waals surface area contributed by atoms with Crippen molar-refractivity contribution in [2.75, 3.05) is 53.0 Å². The zero-order valence-corrected chi connectivity index (χ0v) is 9.95. The molecule has 0 aromatic heterocycles. The van der Waals surface area contributed by atoms with E-state index in [-0.39, 0.29) is 6.03 Å². The molecule has 1 aliphatic rings. The van der Waals surface area contributed by atoms with Crippen molar-refractivity contribution in [1.82, 2.24) is 15.1 Å². The van der Waals surface area contributed by atoms with Gasteiger partial charge in [-0.3, -0.25) is 4.90 Å². The summed E-state index contributed by atoms with van der Waals surface area (Å²) >= 11 is 0. The summed E-state index contributed by atoms with van der Waals surface area (Å²) in [6.07, 6.45) is 1.90. The summed E-state index contributed by atoms with van der Waals surface area (Å²) in [5.74, 6) is 0. The van der Waals surface area contributed by atoms with E-state index in [0.717, 1.165) is 32.7 Å². The lowest BCUT2D eigenvalue weighted by Crippen LogP contribution is -2.52. The minimum absolute atomic E-state index is 0.00954. The van der Waals surface area contributed by atoms with Crippen LogP contribution in [-0.4, -0.2) is 68.8 Å². The van der Waals surface area contributed by atoms with Crippen LogP contribution in [0.3, 0.4) is 0 Å². The summed E-state index contributed by atoms with van der Waals surface area (Å²) in [5.41, 5.74) is 0. The number of ether oxygens (including phenoxy) is 1. The standard InChI is InChI=1S/C11H21N3O2/c1-3-5-13-6-8-14(9-7-13)11(15)12-4-10-16-2/h3H,1,4-10H2,2H3,(H,12,15). The maximum Gasteiger partial charge on any atom is 0.317 e. The Kier molecular flexibility index (Phi) is 5.88. The number of nitrogens with one attached hydrogen (secondary N) is 1. The summed E-state index contributed by atoms with van der Waals surface area (Å²) < 4.78 is 4.88. The molecule has 0 saturated carbocycles. The van der Waals surface area contributed by atoms with Crippen molar-refractivity contribution in [3.63, 3.8) is 0 Å². The lowest BCUT2D eigenvalue weighted by molar-refractivity contribution is 0.142. The van der Waals surface area contributed by atoms with Crippen LogP contribution < -0.4 is 5.32 Å². The molecular weight excluding hydrogens is 206 g/mol. The molecule has 1 rings (SSSR count). The van der Waals surface area contributed by atoms with Gasteiger partial charge in [-0.2, -0.15) is 0 Å². The molecule has 0 aromatic carbocycles. The Labute approximate surface area is 97.0 Å². The highest BCUT2D eigenvalue weighted by atomic mass is 16.5. The number of nitrogens with zero attached hydrogens (tertiary/aromatic N) is 2. The number of rotatable bonds is 5. The van der Waals surface area contributed by atoms with E-state index >= 15 is 0 Å². The van der Waals surface area contributed by atoms with Gasteiger partial charge in [0, 0.05) is 46.4 Å². The van der Waals surface area contributed by atoms with Gasteiger partial charge in [0.15, 0.2) is 0 Å². The van der Waals surface area contributed by atoms with Crippen LogP contribution >= 0.6 is 0 Å². The Balaban J connectivity index is 2.19. The van der Waals surface area contributed by atoms with E-state index in [9.17, 15) is 4.79 Å². The first-order chi connectivity index (χ1) is 7.77. The van der Waals surface area contributed by atoms with E-state index in [0.29, 0.717) is 13.2 Å². The summed E-state index contributed by atoms with van der Waals surface area (Å²) in [5, 5.41) is 2.82. The number of hydrogen-bond acceptors (Lipinski definition) is 3. The first-order valence-electron chi connectivity index (χ1n) is 5.63. The Morgan fingerprint density at radius 1 is 1.44 bits per heavy atom. The third-order valence-corrected chi connectivity index (χ3v) is 2.63. The Hall–Kier alpha value is -1.07. The molecule has 1 aliphatic heterocycles. The molecule has 0 atom stereocenters. The van der Waals surface area contributed by atoms with Crippen LogP contribution in [0, 0.1) is 0 Å². The van der Waals surface area contributed by atoms with E-state index in [4.69, 9.17) is 4.74 Å². The molecule has 0 radical (unpaired) electrons. The van der Waals surface area contributed by atoms with Crippen LogP contribution in [0.2, 0.25) is 0 Å². The average Bonchev–Trinajstić information content (AvgIpc) is 2.30. The largest absolute Gasteiger partial charge is 0.383 e. The first kappa shape index (κ1) is 13.0. The van der Waals surface area contributed by atoms with Crippen LogP contribution in [0.25, 0.3) is 0 Å². The molecule has 0 aliphatic carbocycles. The fourth-order valence-corrected chi connectivity index (χ4v) is 1.69. The highest BCUT2D eigenvalue weighted by Gasteiger charge is 2.19. The summed E-state index contributed by atoms with van der Waals surface area (Å²) in [4.78, 5) is 15.8. The van der Waals surface area contributed by atoms with Gasteiger partial charge in [-0.15, -0.1) is 6.58 Å². The van der Waals surface area contributed by atoms with Crippen molar-refractivity contribution in [3.05, 3.63) is 12.7 Å². The Bertz CT molecular complexity index is 225. The monoisotopic (exact) mass is 227 g/mol. The Morgan fingerprint density at radius 3 is 2.69 bits per heavy atom. The second-order valence-corrected chi connectivity index (χ2v) is 3.80. The van der Waals surface area contributed by atoms with Crippen LogP contribution in [0.5, 0.6) is 0 Å². The van der Waals surface area contributed by atoms with Crippen molar-refractivity contribution >= 4 is 6.03 Å². The van der Waals surface area contributed by atoms with Crippen molar-refractivity contribution < 1.29 is 9.53 Å². The smallest absolute Gasteiger partial charge is 0.317 e. The highest BCUT2D eigenvalue weighted by molar-refractivity contribution is 5.74. The van der Waals surface area contributed by atoms with Gasteiger partial charge in [-0.05, 0) is 0 Å². The fourth-order valence-electron chi connectivity index (χ4n) is 1.69. The number of piperazine rings is 1. The van der Waals surface area contributed by atoms with Gasteiger partial charge in [0.05, 0.1) is 6.61 Å². The zero-order valence-electron chi connectivity index (χ0n) is 9.95. The summed E-state index contributed by atoms with van der Waals surface area (Å²) in [6, 6.07) is 0.00954. The highest BCUT2D eigenvalue weighted by Crippen LogP contribution is 2.01. The number of hydrogen-bond donors (Lipinski definition) is 1. The predicted octanol–water partition coefficient (Wildman–Crippen LogP) is 0.146. The van der Waals surface area contributed by atoms with E-state index in [1.54, 1.807) is 7.11 Å². The maximum atomic E-state index is 11.7. The third kappa shape index (κ3) is 4.20. The molecule has 1 fully saturated rings. The fraction of sp³-hybridized carbons (Fsp3) is 0.727. The molecule has 0 bridgehead atoms. The van der Waals surface area contributed by atoms with E-state index in [1.165, 1.54) is 0 Å². The normalized spacial score (nSPS) is 17.2. The van der Waals surface area contributed by atoms with Gasteiger partial charge in [0.1, 0.15) is 0 Å². The molecule has 0 aromatic rings. The SMILES string of the molecule is C=CCN1CCN(C(=O)NCCOC)CC1. The number of methoxy groups -OCH3 is 1. The third-order valence-electron chi connectivity index (χ3n) is 2.63. The molecule has 5 nitrogen and oxygen atoms in total. The molecule has 1 heterocycles. The van der Waals surface area contributed by atoms with Gasteiger partial charge < -0.3 is 15.0 Å². The van der Waals surface area contributed by atoms with Crippen LogP contribution in [0.4, 0.5) is 4.79 Å². The molecule has 0 unspecified atom stereocenters. The molecule has 92 valence electrons. The summed E-state index contributed by atoms with van der Waals surface area (Å²) in [7, 11) is 1.63. The topological polar surface area (TPSA) is 44.8 Å². The number of carbonyl (C=O) groups is 1. The second-order valence-electron chi connectivity index (χ2n) is 3.80. The van der Waals surface area contributed by atoms with Crippen LogP contribution in [0.1, 0.15) is 0 Å². The van der Waals surface area contributed by atoms with E-state index in [2.05, 4.69) is 16.8 Å². The minimum Gasteiger partial charge on any atom is -0.383 e. The van der Waals surface area contributed by atoms with Gasteiger partial charge in [0.2, 0.25) is 0 Å². The van der Waals surface area contributed by atoms with Crippen molar-refractivity contribution in [2.45, 2.75) is 0 Å². The van der Waals surface area contributed by atoms with Gasteiger partial charge in [-0.25, -0.2) is 4.79 Å². The quantitative estimate of drug-likeness (QED) is 0.537. The molecular formula is C11H21N3O2. The van der Waals surface area contributed by atoms with Crippen LogP contribution in [-0.2, 0) is 4.74 Å². The van der Waals surface area contributed by atoms with Gasteiger partial charge >= 0.3 is 6.03 Å². The predicted molar refractivity (Wildman–Crippen MR) is 63.5 cm³/mol. The number of carbonyl (C=O) groups excluding carboxylic acids is 1. The summed E-state index contributed by atoms with van der Waals surface area (Å²) in [6.45, 7) is 9.15. The van der Waals surface area contributed by atoms with Gasteiger partial charge in [0.25, 0.3) is 0 Å². The van der Waals surface area contributed by atoms with Crippen molar-refractivity contribution in [3.8, 4) is 0 Å². The number of amides is 2. The molecule has 16 heavy (non-hydrogen) atoms. The zero-order chi connectivity index (χ0) is 11.8. The number of urea groups is 1. The minimum atomic E-state index is 0.00954. The van der Waals surface area contributed by atoms with E-state index < -0.39 is 0 Å². The molecule has 1 N–H and O–H groups in total. The first-order valence-corrected chi connectivity index (χ1v) is 5.63. The lowest BCUT2D eigenvalue weighted by atomic mass is 10.3. The van der Waals surface area contributed by atoms with E-state index in [1.807, 2.05) is 11.0 Å². The average molecular weight is 227 g/mol. The lowest BCUT2D eigenvalue weighted by Gasteiger charge is -2.34. The molecule has 5 heteroatoms. The molecule has 2 amide bonds. The van der Waals surface area contributed by atoms with Crippen molar-refractivity contribution in [1.29, 1.82) is 0 Å². The Morgan fingerprint density at radius 2 is 2.12 bits per heavy atom. The maximum absolute atomic E-state index is 11.7.